The van der Waals surface area contributed by atoms with Crippen LogP contribution in [0.25, 0.3) is 0 Å². The number of rotatable bonds is 3. The molecule has 0 N–H and O–H groups in total. The summed E-state index contributed by atoms with van der Waals surface area (Å²) in [5.74, 6) is 1.56. The number of hydrogen-bond acceptors (Lipinski definition) is 4. The van der Waals surface area contributed by atoms with Crippen LogP contribution in [0.1, 0.15) is 47.7 Å². The van der Waals surface area contributed by atoms with Crippen molar-refractivity contribution in [2.75, 3.05) is 0 Å². The van der Waals surface area contributed by atoms with Gasteiger partial charge >= 0.3 is 6.18 Å². The first-order chi connectivity index (χ1) is 11.5. The Morgan fingerprint density at radius 2 is 1.96 bits per heavy atom. The first-order valence-corrected chi connectivity index (χ1v) is 8.16. The van der Waals surface area contributed by atoms with Crippen molar-refractivity contribution in [3.63, 3.8) is 0 Å². The van der Waals surface area contributed by atoms with Gasteiger partial charge in [0.2, 0.25) is 5.88 Å². The molecule has 0 amide bonds. The summed E-state index contributed by atoms with van der Waals surface area (Å²) in [5.41, 5.74) is 0.195. The van der Waals surface area contributed by atoms with Crippen LogP contribution < -0.4 is 4.74 Å². The van der Waals surface area contributed by atoms with Gasteiger partial charge in [-0.3, -0.25) is 0 Å². The van der Waals surface area contributed by atoms with Crippen molar-refractivity contribution in [2.45, 2.75) is 57.9 Å². The molecule has 0 fully saturated rings. The van der Waals surface area contributed by atoms with E-state index in [1.54, 1.807) is 0 Å². The highest BCUT2D eigenvalue weighted by Gasteiger charge is 2.36. The predicted molar refractivity (Wildman–Crippen MR) is 78.6 cm³/mol. The molecular weight excluding hydrogens is 321 g/mol. The molecule has 8 heteroatoms. The van der Waals surface area contributed by atoms with Crippen LogP contribution in [0, 0.1) is 0 Å². The third-order valence-electron chi connectivity index (χ3n) is 4.62. The molecule has 2 aliphatic rings. The van der Waals surface area contributed by atoms with Gasteiger partial charge in [0.15, 0.2) is 5.82 Å². The maximum absolute atomic E-state index is 13.3. The van der Waals surface area contributed by atoms with E-state index in [-0.39, 0.29) is 12.5 Å². The molecule has 1 aliphatic heterocycles. The standard InChI is InChI=1S/C16H17F3N4O/c17-16(18,19)11-8-15(20-12-5-3-4-10(11)12)24-9-14-22-21-13-6-1-2-7-23(13)14/h8H,1-7,9H2. The van der Waals surface area contributed by atoms with Crippen LogP contribution in [0.4, 0.5) is 13.2 Å². The molecule has 2 aromatic rings. The van der Waals surface area contributed by atoms with Gasteiger partial charge in [0.05, 0.1) is 5.56 Å². The first-order valence-electron chi connectivity index (χ1n) is 8.16. The minimum absolute atomic E-state index is 0.0103. The largest absolute Gasteiger partial charge is 0.469 e. The maximum Gasteiger partial charge on any atom is 0.416 e. The second kappa shape index (κ2) is 5.75. The Morgan fingerprint density at radius 3 is 2.79 bits per heavy atom. The van der Waals surface area contributed by atoms with Crippen molar-refractivity contribution in [1.82, 2.24) is 19.7 Å². The van der Waals surface area contributed by atoms with Crippen LogP contribution in [0.2, 0.25) is 0 Å². The molecule has 128 valence electrons. The van der Waals surface area contributed by atoms with Crippen molar-refractivity contribution in [3.05, 3.63) is 34.5 Å². The van der Waals surface area contributed by atoms with E-state index in [0.29, 0.717) is 36.3 Å². The lowest BCUT2D eigenvalue weighted by molar-refractivity contribution is -0.138. The van der Waals surface area contributed by atoms with Crippen molar-refractivity contribution in [2.24, 2.45) is 0 Å². The summed E-state index contributed by atoms with van der Waals surface area (Å²) in [4.78, 5) is 4.26. The zero-order valence-electron chi connectivity index (χ0n) is 13.1. The monoisotopic (exact) mass is 338 g/mol. The molecule has 0 spiro atoms. The Kier molecular flexibility index (Phi) is 3.69. The average molecular weight is 338 g/mol. The number of nitrogens with zero attached hydrogens (tertiary/aromatic N) is 4. The van der Waals surface area contributed by atoms with Gasteiger partial charge in [0, 0.05) is 24.7 Å². The summed E-state index contributed by atoms with van der Waals surface area (Å²) >= 11 is 0. The van der Waals surface area contributed by atoms with Crippen molar-refractivity contribution in [3.8, 4) is 5.88 Å². The molecular formula is C16H17F3N4O. The molecule has 1 aliphatic carbocycles. The SMILES string of the molecule is FC(F)(F)c1cc(OCc2nnc3n2CCCC3)nc2c1CCC2. The minimum Gasteiger partial charge on any atom is -0.469 e. The summed E-state index contributed by atoms with van der Waals surface area (Å²) in [7, 11) is 0. The van der Waals surface area contributed by atoms with Gasteiger partial charge in [-0.1, -0.05) is 0 Å². The molecule has 4 rings (SSSR count). The lowest BCUT2D eigenvalue weighted by atomic mass is 10.1. The Morgan fingerprint density at radius 1 is 1.08 bits per heavy atom. The molecule has 0 unspecified atom stereocenters. The number of aryl methyl sites for hydroxylation is 2. The number of aromatic nitrogens is 4. The van der Waals surface area contributed by atoms with Crippen LogP contribution in [0.5, 0.6) is 5.88 Å². The summed E-state index contributed by atoms with van der Waals surface area (Å²) < 4.78 is 47.3. The van der Waals surface area contributed by atoms with E-state index in [9.17, 15) is 13.2 Å². The van der Waals surface area contributed by atoms with Crippen LogP contribution in [-0.2, 0) is 38.6 Å². The molecule has 0 saturated carbocycles. The predicted octanol–water partition coefficient (Wildman–Crippen LogP) is 3.10. The van der Waals surface area contributed by atoms with E-state index >= 15 is 0 Å². The third-order valence-corrected chi connectivity index (χ3v) is 4.62. The van der Waals surface area contributed by atoms with Gasteiger partial charge in [0.25, 0.3) is 0 Å². The Hall–Kier alpha value is -2.12. The Labute approximate surface area is 136 Å². The highest BCUT2D eigenvalue weighted by atomic mass is 19.4. The molecule has 24 heavy (non-hydrogen) atoms. The number of ether oxygens (including phenoxy) is 1. The Bertz CT molecular complexity index is 769. The van der Waals surface area contributed by atoms with Crippen LogP contribution in [-0.4, -0.2) is 19.7 Å². The van der Waals surface area contributed by atoms with E-state index in [1.807, 2.05) is 4.57 Å². The lowest BCUT2D eigenvalue weighted by Gasteiger charge is -2.16. The smallest absolute Gasteiger partial charge is 0.416 e. The average Bonchev–Trinajstić information content (AvgIpc) is 3.18. The Balaban J connectivity index is 1.58. The van der Waals surface area contributed by atoms with Crippen LogP contribution in [0.15, 0.2) is 6.07 Å². The van der Waals surface area contributed by atoms with Crippen molar-refractivity contribution >= 4 is 0 Å². The van der Waals surface area contributed by atoms with E-state index in [4.69, 9.17) is 4.74 Å². The molecule has 0 radical (unpaired) electrons. The fourth-order valence-electron chi connectivity index (χ4n) is 3.46. The zero-order valence-corrected chi connectivity index (χ0v) is 13.1. The van der Waals surface area contributed by atoms with Gasteiger partial charge < -0.3 is 9.30 Å². The van der Waals surface area contributed by atoms with Gasteiger partial charge in [0.1, 0.15) is 12.4 Å². The fourth-order valence-corrected chi connectivity index (χ4v) is 3.46. The third kappa shape index (κ3) is 2.74. The van der Waals surface area contributed by atoms with Gasteiger partial charge in [-0.2, -0.15) is 13.2 Å². The summed E-state index contributed by atoms with van der Waals surface area (Å²) in [6.07, 6.45) is 0.317. The number of fused-ring (bicyclic) bond motifs is 2. The normalized spacial score (nSPS) is 16.8. The molecule has 2 aromatic heterocycles. The highest BCUT2D eigenvalue weighted by molar-refractivity contribution is 5.39. The van der Waals surface area contributed by atoms with E-state index in [1.165, 1.54) is 0 Å². The number of hydrogen-bond donors (Lipinski definition) is 0. The van der Waals surface area contributed by atoms with Crippen LogP contribution >= 0.6 is 0 Å². The topological polar surface area (TPSA) is 52.8 Å². The fraction of sp³-hybridized carbons (Fsp3) is 0.562. The quantitative estimate of drug-likeness (QED) is 0.863. The highest BCUT2D eigenvalue weighted by Crippen LogP contribution is 2.38. The van der Waals surface area contributed by atoms with E-state index in [0.717, 1.165) is 37.7 Å². The van der Waals surface area contributed by atoms with E-state index in [2.05, 4.69) is 15.2 Å². The van der Waals surface area contributed by atoms with Crippen LogP contribution in [0.3, 0.4) is 0 Å². The molecule has 3 heterocycles. The van der Waals surface area contributed by atoms with Gasteiger partial charge in [-0.25, -0.2) is 4.98 Å². The molecule has 0 aromatic carbocycles. The van der Waals surface area contributed by atoms with Gasteiger partial charge in [-0.15, -0.1) is 10.2 Å². The van der Waals surface area contributed by atoms with E-state index < -0.39 is 11.7 Å². The molecule has 0 atom stereocenters. The minimum atomic E-state index is -4.39. The number of pyridine rings is 1. The number of alkyl halides is 3. The lowest BCUT2D eigenvalue weighted by Crippen LogP contribution is -2.15. The van der Waals surface area contributed by atoms with Crippen molar-refractivity contribution < 1.29 is 17.9 Å². The summed E-state index contributed by atoms with van der Waals surface area (Å²) in [6, 6.07) is 1.01. The summed E-state index contributed by atoms with van der Waals surface area (Å²) in [5, 5.41) is 8.21. The molecule has 0 saturated heterocycles. The number of halogens is 3. The summed E-state index contributed by atoms with van der Waals surface area (Å²) in [6.45, 7) is 0.905. The second-order valence-corrected chi connectivity index (χ2v) is 6.21. The molecule has 0 bridgehead atoms. The zero-order chi connectivity index (χ0) is 16.7. The molecule has 5 nitrogen and oxygen atoms in total. The first kappa shape index (κ1) is 15.4. The van der Waals surface area contributed by atoms with Gasteiger partial charge in [-0.05, 0) is 37.7 Å². The maximum atomic E-state index is 13.3. The second-order valence-electron chi connectivity index (χ2n) is 6.21. The van der Waals surface area contributed by atoms with Crippen molar-refractivity contribution in [1.29, 1.82) is 0 Å².